The molecule has 2 atom stereocenters. The summed E-state index contributed by atoms with van der Waals surface area (Å²) in [6.45, 7) is 0. The molecule has 586 valence electrons. The molecule has 0 saturated heterocycles. The van der Waals surface area contributed by atoms with Gasteiger partial charge in [0.15, 0.2) is 69.9 Å². The molecule has 0 bridgehead atoms. The summed E-state index contributed by atoms with van der Waals surface area (Å²) in [6.07, 6.45) is -3.76. The summed E-state index contributed by atoms with van der Waals surface area (Å²) in [5.41, 5.74) is 15.4. The van der Waals surface area contributed by atoms with E-state index >= 15 is 0 Å². The average molecular weight is 1610 g/mol. The number of rotatable bonds is 16. The van der Waals surface area contributed by atoms with Crippen molar-refractivity contribution in [3.8, 4) is 171 Å². The van der Waals surface area contributed by atoms with E-state index in [9.17, 15) is 23.7 Å². The van der Waals surface area contributed by atoms with Crippen LogP contribution < -0.4 is 0 Å². The van der Waals surface area contributed by atoms with Gasteiger partial charge in [-0.25, -0.2) is 59.8 Å². The number of halogens is 3. The fourth-order valence-corrected chi connectivity index (χ4v) is 16.7. The van der Waals surface area contributed by atoms with E-state index < -0.39 is 24.4 Å². The highest BCUT2D eigenvalue weighted by Crippen LogP contribution is 2.49. The van der Waals surface area contributed by atoms with Crippen LogP contribution >= 0.6 is 0 Å². The number of hydrogen-bond acceptors (Lipinski definition) is 14. The maximum Gasteiger partial charge on any atom is 0.392 e. The first-order valence-electron chi connectivity index (χ1n) is 40.5. The SMILES string of the molecule is N#Cc1cccc(-n2c3ccc(-c4nc(-c5ccccc5)nc(-c5ccccc5)n4)cc3c3cc(-c4nc(-c5ccccc5)nc(-c5ccccc5)n4)ccc32)c1-c1cc(C2=CCC(C(F)(F)F)CC2C#N)ccc1-n1c2ccc(-c3nc(-c4ccccc4)nc(-c4ccccc4)n3)cc2c2cc(-c3nc(-c4ccccc4)nc(-c4ccccc4)n3)ccc21. The lowest BCUT2D eigenvalue weighted by atomic mass is 9.78. The zero-order valence-corrected chi connectivity index (χ0v) is 65.9. The number of hydrogen-bond donors (Lipinski definition) is 0. The van der Waals surface area contributed by atoms with E-state index in [0.29, 0.717) is 126 Å². The van der Waals surface area contributed by atoms with E-state index in [1.807, 2.05) is 322 Å². The van der Waals surface area contributed by atoms with E-state index in [0.717, 1.165) is 88.1 Å². The second-order valence-corrected chi connectivity index (χ2v) is 30.3. The highest BCUT2D eigenvalue weighted by atomic mass is 19.4. The molecule has 19 heteroatoms. The van der Waals surface area contributed by atoms with Gasteiger partial charge < -0.3 is 9.13 Å². The van der Waals surface area contributed by atoms with Crippen molar-refractivity contribution in [2.45, 2.75) is 19.0 Å². The van der Waals surface area contributed by atoms with E-state index in [4.69, 9.17) is 59.8 Å². The fraction of sp³-hybridized carbons (Fsp3) is 0.0476. The molecular formula is C105H65F3N16. The molecule has 20 aromatic rings. The van der Waals surface area contributed by atoms with Crippen LogP contribution in [0.2, 0.25) is 0 Å². The summed E-state index contributed by atoms with van der Waals surface area (Å²) >= 11 is 0. The molecule has 0 fully saturated rings. The molecule has 21 rings (SSSR count). The molecule has 6 aromatic heterocycles. The van der Waals surface area contributed by atoms with Crippen LogP contribution in [0.25, 0.3) is 208 Å². The second-order valence-electron chi connectivity index (χ2n) is 30.3. The van der Waals surface area contributed by atoms with Crippen LogP contribution in [-0.2, 0) is 0 Å². The number of fused-ring (bicyclic) bond motifs is 6. The van der Waals surface area contributed by atoms with Crippen LogP contribution in [0.3, 0.4) is 0 Å². The molecule has 0 aliphatic heterocycles. The molecule has 2 unspecified atom stereocenters. The first-order valence-corrected chi connectivity index (χ1v) is 40.5. The Balaban J connectivity index is 0.832. The van der Waals surface area contributed by atoms with Gasteiger partial charge in [0.05, 0.1) is 63.0 Å². The van der Waals surface area contributed by atoms with Crippen molar-refractivity contribution < 1.29 is 13.2 Å². The Bertz CT molecular complexity index is 7070. The van der Waals surface area contributed by atoms with Crippen LogP contribution in [0.15, 0.2) is 358 Å². The number of nitrogens with zero attached hydrogens (tertiary/aromatic N) is 16. The first-order chi connectivity index (χ1) is 61.0. The zero-order valence-electron chi connectivity index (χ0n) is 65.9. The Morgan fingerprint density at radius 2 is 0.540 bits per heavy atom. The lowest BCUT2D eigenvalue weighted by Gasteiger charge is -2.28. The molecule has 0 amide bonds. The standard InChI is InChI=1S/C105H65F3N16/c106-105(107,108)79-49-50-80(78(56-79)63-110)72-44-51-90(123-86-52-45-73(101-115-93(64-26-9-1-10-27-64)111-94(116-101)65-28-11-2-12-29-65)58-81(86)82-59-74(46-53-87(82)123)102-117-95(66-30-13-3-14-31-66)112-96(118-102)67-32-15-4-16-33-67)85(57-72)92-77(62-109)42-25-43-91(92)124-88-54-47-75(103-119-97(68-34-17-5-18-35-68)113-98(120-103)69-36-19-6-20-37-69)60-83(88)84-61-76(48-55-89(84)124)104-121-99(70-38-21-7-22-39-70)114-100(122-104)71-40-23-8-24-41-71/h1-48,50-55,57-61,78-79H,49,56H2. The summed E-state index contributed by atoms with van der Waals surface area (Å²) in [5, 5.41) is 26.2. The van der Waals surface area contributed by atoms with Crippen molar-refractivity contribution in [2.24, 2.45) is 11.8 Å². The maximum atomic E-state index is 14.9. The number of allylic oxidation sites excluding steroid dienone is 2. The highest BCUT2D eigenvalue weighted by Gasteiger charge is 2.43. The fourth-order valence-electron chi connectivity index (χ4n) is 16.7. The number of benzene rings is 14. The van der Waals surface area contributed by atoms with Crippen LogP contribution in [-0.4, -0.2) is 75.1 Å². The smallest absolute Gasteiger partial charge is 0.309 e. The van der Waals surface area contributed by atoms with Gasteiger partial charge in [0.25, 0.3) is 0 Å². The van der Waals surface area contributed by atoms with Gasteiger partial charge in [-0.3, -0.25) is 0 Å². The van der Waals surface area contributed by atoms with Gasteiger partial charge in [-0.2, -0.15) is 23.7 Å². The van der Waals surface area contributed by atoms with Crippen molar-refractivity contribution in [3.05, 3.63) is 369 Å². The third-order valence-corrected chi connectivity index (χ3v) is 22.7. The molecule has 0 N–H and O–H groups in total. The molecule has 1 aliphatic carbocycles. The van der Waals surface area contributed by atoms with Crippen molar-refractivity contribution in [1.82, 2.24) is 68.9 Å². The number of alkyl halides is 3. The van der Waals surface area contributed by atoms with E-state index in [1.165, 1.54) is 0 Å². The van der Waals surface area contributed by atoms with Gasteiger partial charge in [0.2, 0.25) is 0 Å². The minimum absolute atomic E-state index is 0.270. The largest absolute Gasteiger partial charge is 0.392 e. The molecule has 124 heavy (non-hydrogen) atoms. The molecule has 16 nitrogen and oxygen atoms in total. The Labute approximate surface area is 708 Å². The first kappa shape index (κ1) is 74.8. The predicted molar refractivity (Wildman–Crippen MR) is 480 cm³/mol. The van der Waals surface area contributed by atoms with Gasteiger partial charge >= 0.3 is 6.18 Å². The van der Waals surface area contributed by atoms with Crippen molar-refractivity contribution in [2.75, 3.05) is 0 Å². The minimum atomic E-state index is -4.55. The normalized spacial score (nSPS) is 13.4. The van der Waals surface area contributed by atoms with E-state index in [1.54, 1.807) is 12.1 Å². The number of aromatic nitrogens is 14. The second kappa shape index (κ2) is 31.5. The monoisotopic (exact) mass is 1610 g/mol. The predicted octanol–water partition coefficient (Wildman–Crippen LogP) is 24.7. The Morgan fingerprint density at radius 3 is 0.806 bits per heavy atom. The molecular weight excluding hydrogens is 1540 g/mol. The van der Waals surface area contributed by atoms with Gasteiger partial charge in [-0.15, -0.1) is 0 Å². The summed E-state index contributed by atoms with van der Waals surface area (Å²) in [6, 6.07) is 119. The quantitative estimate of drug-likeness (QED) is 0.0881. The van der Waals surface area contributed by atoms with Crippen molar-refractivity contribution in [3.63, 3.8) is 0 Å². The Hall–Kier alpha value is -16.8. The average Bonchev–Trinajstić information content (AvgIpc) is 1.55. The lowest BCUT2D eigenvalue weighted by molar-refractivity contribution is -0.177. The highest BCUT2D eigenvalue weighted by molar-refractivity contribution is 6.14. The molecule has 0 radical (unpaired) electrons. The number of nitriles is 2. The maximum absolute atomic E-state index is 14.9. The van der Waals surface area contributed by atoms with Gasteiger partial charge in [0.1, 0.15) is 0 Å². The molecule has 0 saturated carbocycles. The van der Waals surface area contributed by atoms with E-state index in [-0.39, 0.29) is 12.0 Å². The summed E-state index contributed by atoms with van der Waals surface area (Å²) in [7, 11) is 0. The summed E-state index contributed by atoms with van der Waals surface area (Å²) in [5.74, 6) is 2.60. The molecule has 0 spiro atoms. The molecule has 1 aliphatic rings. The van der Waals surface area contributed by atoms with E-state index in [2.05, 4.69) is 45.5 Å². The van der Waals surface area contributed by atoms with Crippen LogP contribution in [0.4, 0.5) is 13.2 Å². The minimum Gasteiger partial charge on any atom is -0.309 e. The third kappa shape index (κ3) is 14.1. The van der Waals surface area contributed by atoms with Crippen LogP contribution in [0.5, 0.6) is 0 Å². The Morgan fingerprint density at radius 1 is 0.274 bits per heavy atom. The summed E-state index contributed by atoms with van der Waals surface area (Å²) in [4.78, 5) is 62.1. The topological polar surface area (TPSA) is 212 Å². The van der Waals surface area contributed by atoms with Gasteiger partial charge in [-0.1, -0.05) is 261 Å². The van der Waals surface area contributed by atoms with Crippen LogP contribution in [0, 0.1) is 34.5 Å². The molecule has 6 heterocycles. The lowest BCUT2D eigenvalue weighted by Crippen LogP contribution is -2.27. The van der Waals surface area contributed by atoms with Crippen molar-refractivity contribution in [1.29, 1.82) is 10.5 Å². The molecule has 14 aromatic carbocycles. The van der Waals surface area contributed by atoms with Crippen LogP contribution in [0.1, 0.15) is 24.0 Å². The zero-order chi connectivity index (χ0) is 83.4. The summed E-state index contributed by atoms with van der Waals surface area (Å²) < 4.78 is 49.1. The van der Waals surface area contributed by atoms with Crippen molar-refractivity contribution >= 4 is 49.2 Å². The Kier molecular flexibility index (Phi) is 19.0. The third-order valence-electron chi connectivity index (χ3n) is 22.7. The van der Waals surface area contributed by atoms with Gasteiger partial charge in [0, 0.05) is 99.4 Å². The van der Waals surface area contributed by atoms with Gasteiger partial charge in [-0.05, 0) is 121 Å².